The Bertz CT molecular complexity index is 818. The van der Waals surface area contributed by atoms with E-state index < -0.39 is 0 Å². The van der Waals surface area contributed by atoms with Crippen LogP contribution in [0, 0.1) is 0 Å². The predicted molar refractivity (Wildman–Crippen MR) is 102 cm³/mol. The molecule has 0 spiro atoms. The molecular formula is C19H29N5O3. The molecule has 1 amide bonds. The monoisotopic (exact) mass is 375 g/mol. The van der Waals surface area contributed by atoms with Crippen molar-refractivity contribution in [1.29, 1.82) is 0 Å². The van der Waals surface area contributed by atoms with E-state index in [9.17, 15) is 9.90 Å². The molecule has 0 saturated heterocycles. The molecule has 0 unspecified atom stereocenters. The molecule has 2 aromatic rings. The first-order valence-corrected chi connectivity index (χ1v) is 9.30. The summed E-state index contributed by atoms with van der Waals surface area (Å²) in [6.45, 7) is 6.49. The molecular weight excluding hydrogens is 346 g/mol. The van der Waals surface area contributed by atoms with Gasteiger partial charge in [0.2, 0.25) is 0 Å². The Balaban J connectivity index is 1.86. The molecule has 1 aliphatic rings. The van der Waals surface area contributed by atoms with E-state index in [0.717, 1.165) is 25.0 Å². The summed E-state index contributed by atoms with van der Waals surface area (Å²) in [6.07, 6.45) is 2.17. The fraction of sp³-hybridized carbons (Fsp3) is 0.632. The smallest absolute Gasteiger partial charge is 0.275 e. The van der Waals surface area contributed by atoms with Crippen molar-refractivity contribution in [2.24, 2.45) is 7.05 Å². The lowest BCUT2D eigenvalue weighted by Gasteiger charge is -2.22. The number of hydrogen-bond donors (Lipinski definition) is 2. The molecule has 2 atom stereocenters. The second kappa shape index (κ2) is 7.44. The predicted octanol–water partition coefficient (Wildman–Crippen LogP) is 2.40. The molecule has 2 heterocycles. The van der Waals surface area contributed by atoms with Crippen LogP contribution in [-0.4, -0.2) is 43.8 Å². The van der Waals surface area contributed by atoms with Gasteiger partial charge in [0.15, 0.2) is 0 Å². The molecule has 1 saturated carbocycles. The lowest BCUT2D eigenvalue weighted by Crippen LogP contribution is -2.27. The van der Waals surface area contributed by atoms with Gasteiger partial charge in [-0.25, -0.2) is 4.68 Å². The van der Waals surface area contributed by atoms with Gasteiger partial charge in [-0.3, -0.25) is 9.48 Å². The lowest BCUT2D eigenvalue weighted by atomic mass is 10.0. The highest BCUT2D eigenvalue weighted by Crippen LogP contribution is 2.36. The number of amides is 1. The first-order valence-electron chi connectivity index (χ1n) is 9.30. The van der Waals surface area contributed by atoms with Gasteiger partial charge in [-0.15, -0.1) is 0 Å². The number of aromatic nitrogens is 4. The maximum absolute atomic E-state index is 12.8. The van der Waals surface area contributed by atoms with Gasteiger partial charge in [-0.05, 0) is 46.1 Å². The standard InChI is InChI=1S/C19H29N5O3/c1-19(2,3)24-17(10-15(22-24)12-6-7-14(25)8-12)20-18(26)16-9-13(11-27-5)21-23(16)4/h9-10,12,14,25H,6-8,11H2,1-5H3,(H,20,26)/t12-,14+/m0/s1. The van der Waals surface area contributed by atoms with Crippen molar-refractivity contribution in [1.82, 2.24) is 19.6 Å². The summed E-state index contributed by atoms with van der Waals surface area (Å²) in [5.74, 6) is 0.637. The van der Waals surface area contributed by atoms with E-state index in [0.29, 0.717) is 23.8 Å². The van der Waals surface area contributed by atoms with Gasteiger partial charge in [-0.2, -0.15) is 10.2 Å². The summed E-state index contributed by atoms with van der Waals surface area (Å²) in [7, 11) is 3.33. The van der Waals surface area contributed by atoms with Gasteiger partial charge in [0.1, 0.15) is 11.5 Å². The van der Waals surface area contributed by atoms with Crippen LogP contribution >= 0.6 is 0 Å². The van der Waals surface area contributed by atoms with Gasteiger partial charge >= 0.3 is 0 Å². The average Bonchev–Trinajstić information content (AvgIpc) is 3.26. The summed E-state index contributed by atoms with van der Waals surface area (Å²) in [5, 5.41) is 21.9. The number of aliphatic hydroxyl groups is 1. The number of nitrogens with zero attached hydrogens (tertiary/aromatic N) is 4. The zero-order chi connectivity index (χ0) is 19.8. The summed E-state index contributed by atoms with van der Waals surface area (Å²) in [5.41, 5.74) is 1.80. The highest BCUT2D eigenvalue weighted by molar-refractivity contribution is 6.02. The molecule has 0 aromatic carbocycles. The molecule has 148 valence electrons. The van der Waals surface area contributed by atoms with Crippen molar-refractivity contribution in [3.8, 4) is 0 Å². The fourth-order valence-corrected chi connectivity index (χ4v) is 3.56. The molecule has 8 nitrogen and oxygen atoms in total. The Hall–Kier alpha value is -2.19. The molecule has 0 radical (unpaired) electrons. The number of rotatable bonds is 5. The Morgan fingerprint density at radius 1 is 1.33 bits per heavy atom. The molecule has 8 heteroatoms. The quantitative estimate of drug-likeness (QED) is 0.837. The number of nitrogens with one attached hydrogen (secondary N) is 1. The third kappa shape index (κ3) is 4.22. The van der Waals surface area contributed by atoms with Crippen molar-refractivity contribution in [3.63, 3.8) is 0 Å². The third-order valence-electron chi connectivity index (χ3n) is 4.88. The van der Waals surface area contributed by atoms with E-state index in [2.05, 4.69) is 10.4 Å². The van der Waals surface area contributed by atoms with Crippen LogP contribution in [0.2, 0.25) is 0 Å². The lowest BCUT2D eigenvalue weighted by molar-refractivity contribution is 0.101. The largest absolute Gasteiger partial charge is 0.393 e. The summed E-state index contributed by atoms with van der Waals surface area (Å²) in [4.78, 5) is 12.8. The van der Waals surface area contributed by atoms with E-state index in [-0.39, 0.29) is 23.5 Å². The minimum atomic E-state index is -0.286. The summed E-state index contributed by atoms with van der Waals surface area (Å²) in [6, 6.07) is 3.66. The normalized spacial score (nSPS) is 20.2. The number of carbonyl (C=O) groups excluding carboxylic acids is 1. The minimum Gasteiger partial charge on any atom is -0.393 e. The Morgan fingerprint density at radius 3 is 2.67 bits per heavy atom. The van der Waals surface area contributed by atoms with Crippen molar-refractivity contribution in [3.05, 3.63) is 29.2 Å². The highest BCUT2D eigenvalue weighted by Gasteiger charge is 2.29. The van der Waals surface area contributed by atoms with Crippen LogP contribution < -0.4 is 5.32 Å². The maximum Gasteiger partial charge on any atom is 0.275 e. The molecule has 3 rings (SSSR count). The Kier molecular flexibility index (Phi) is 5.39. The first kappa shape index (κ1) is 19.6. The van der Waals surface area contributed by atoms with Crippen molar-refractivity contribution >= 4 is 11.7 Å². The second-order valence-electron chi connectivity index (χ2n) is 8.23. The highest BCUT2D eigenvalue weighted by atomic mass is 16.5. The van der Waals surface area contributed by atoms with Crippen LogP contribution in [-0.2, 0) is 23.9 Å². The molecule has 0 aliphatic heterocycles. The number of carbonyl (C=O) groups is 1. The van der Waals surface area contributed by atoms with Crippen molar-refractivity contribution < 1.29 is 14.6 Å². The minimum absolute atomic E-state index is 0.226. The van der Waals surface area contributed by atoms with Crippen LogP contribution in [0.15, 0.2) is 12.1 Å². The Morgan fingerprint density at radius 2 is 2.07 bits per heavy atom. The fourth-order valence-electron chi connectivity index (χ4n) is 3.56. The molecule has 1 fully saturated rings. The number of hydrogen-bond acceptors (Lipinski definition) is 5. The Labute approximate surface area is 159 Å². The van der Waals surface area contributed by atoms with Crippen LogP contribution in [0.4, 0.5) is 5.82 Å². The van der Waals surface area contributed by atoms with E-state index in [1.165, 1.54) is 0 Å². The van der Waals surface area contributed by atoms with Gasteiger partial charge in [-0.1, -0.05) is 0 Å². The van der Waals surface area contributed by atoms with Crippen LogP contribution in [0.1, 0.15) is 67.8 Å². The summed E-state index contributed by atoms with van der Waals surface area (Å²) < 4.78 is 8.48. The van der Waals surface area contributed by atoms with E-state index >= 15 is 0 Å². The van der Waals surface area contributed by atoms with Crippen molar-refractivity contribution in [2.75, 3.05) is 12.4 Å². The number of methoxy groups -OCH3 is 1. The molecule has 1 aliphatic carbocycles. The van der Waals surface area contributed by atoms with Gasteiger partial charge in [0.25, 0.3) is 5.91 Å². The van der Waals surface area contributed by atoms with E-state index in [1.54, 1.807) is 24.9 Å². The molecule has 0 bridgehead atoms. The average molecular weight is 375 g/mol. The van der Waals surface area contributed by atoms with E-state index in [1.807, 2.05) is 31.5 Å². The molecule has 27 heavy (non-hydrogen) atoms. The second-order valence-corrected chi connectivity index (χ2v) is 8.23. The van der Waals surface area contributed by atoms with Gasteiger partial charge < -0.3 is 15.2 Å². The molecule has 2 aromatic heterocycles. The topological polar surface area (TPSA) is 94.2 Å². The van der Waals surface area contributed by atoms with Gasteiger partial charge in [0, 0.05) is 26.1 Å². The first-order chi connectivity index (χ1) is 12.7. The number of anilines is 1. The van der Waals surface area contributed by atoms with Crippen molar-refractivity contribution in [2.45, 2.75) is 64.2 Å². The van der Waals surface area contributed by atoms with Crippen LogP contribution in [0.25, 0.3) is 0 Å². The zero-order valence-corrected chi connectivity index (χ0v) is 16.7. The SMILES string of the molecule is COCc1cc(C(=O)Nc2cc([C@H]3CC[C@@H](O)C3)nn2C(C)(C)C)n(C)n1. The molecule has 2 N–H and O–H groups in total. The van der Waals surface area contributed by atoms with Gasteiger partial charge in [0.05, 0.1) is 29.6 Å². The zero-order valence-electron chi connectivity index (χ0n) is 16.7. The number of aryl methyl sites for hydroxylation is 1. The third-order valence-corrected chi connectivity index (χ3v) is 4.88. The number of aliphatic hydroxyl groups excluding tert-OH is 1. The van der Waals surface area contributed by atoms with Crippen LogP contribution in [0.3, 0.4) is 0 Å². The number of ether oxygens (including phenoxy) is 1. The maximum atomic E-state index is 12.8. The summed E-state index contributed by atoms with van der Waals surface area (Å²) >= 11 is 0. The van der Waals surface area contributed by atoms with Crippen LogP contribution in [0.5, 0.6) is 0 Å². The van der Waals surface area contributed by atoms with E-state index in [4.69, 9.17) is 9.84 Å².